The molecule has 3 aromatic rings. The highest BCUT2D eigenvalue weighted by Gasteiger charge is 2.00. The molecule has 0 aliphatic rings. The second kappa shape index (κ2) is 6.22. The number of anilines is 2. The van der Waals surface area contributed by atoms with Gasteiger partial charge in [0, 0.05) is 25.2 Å². The first kappa shape index (κ1) is 14.0. The molecule has 0 unspecified atom stereocenters. The van der Waals surface area contributed by atoms with Gasteiger partial charge in [0.25, 0.3) is 0 Å². The third kappa shape index (κ3) is 3.03. The molecule has 110 valence electrons. The van der Waals surface area contributed by atoms with Crippen LogP contribution in [-0.2, 0) is 0 Å². The van der Waals surface area contributed by atoms with E-state index in [4.69, 9.17) is 0 Å². The monoisotopic (exact) mass is 291 g/mol. The molecular formula is C17H17N5. The van der Waals surface area contributed by atoms with Crippen molar-refractivity contribution in [2.24, 2.45) is 5.10 Å². The fraction of sp³-hybridized carbons (Fsp3) is 0.118. The molecule has 5 heteroatoms. The first-order chi connectivity index (χ1) is 10.7. The number of fused-ring (bicyclic) bond motifs is 1. The number of benzene rings is 2. The molecular weight excluding hydrogens is 274 g/mol. The SMILES string of the molecule is CN(C)c1ccc(/C=N\Nc2ncnc3ccccc23)cc1. The van der Waals surface area contributed by atoms with E-state index in [1.54, 1.807) is 6.21 Å². The first-order valence-corrected chi connectivity index (χ1v) is 7.00. The van der Waals surface area contributed by atoms with Crippen LogP contribution in [0.2, 0.25) is 0 Å². The Morgan fingerprint density at radius 3 is 2.55 bits per heavy atom. The molecule has 0 spiro atoms. The molecule has 0 radical (unpaired) electrons. The normalized spacial score (nSPS) is 11.0. The van der Waals surface area contributed by atoms with Gasteiger partial charge in [0.2, 0.25) is 0 Å². The molecule has 0 saturated heterocycles. The zero-order valence-electron chi connectivity index (χ0n) is 12.6. The van der Waals surface area contributed by atoms with Crippen molar-refractivity contribution in [3.8, 4) is 0 Å². The lowest BCUT2D eigenvalue weighted by Gasteiger charge is -2.11. The minimum Gasteiger partial charge on any atom is -0.378 e. The Morgan fingerprint density at radius 2 is 1.77 bits per heavy atom. The van der Waals surface area contributed by atoms with Crippen LogP contribution in [0.1, 0.15) is 5.56 Å². The quantitative estimate of drug-likeness (QED) is 0.592. The number of nitrogens with zero attached hydrogens (tertiary/aromatic N) is 4. The summed E-state index contributed by atoms with van der Waals surface area (Å²) in [6.07, 6.45) is 3.31. The number of hydrogen-bond acceptors (Lipinski definition) is 5. The first-order valence-electron chi connectivity index (χ1n) is 7.00. The highest BCUT2D eigenvalue weighted by Crippen LogP contribution is 2.18. The maximum absolute atomic E-state index is 4.26. The van der Waals surface area contributed by atoms with Crippen LogP contribution >= 0.6 is 0 Å². The van der Waals surface area contributed by atoms with Gasteiger partial charge in [0.05, 0.1) is 11.7 Å². The zero-order valence-corrected chi connectivity index (χ0v) is 12.6. The summed E-state index contributed by atoms with van der Waals surface area (Å²) in [5, 5.41) is 5.21. The van der Waals surface area contributed by atoms with Crippen molar-refractivity contribution in [2.75, 3.05) is 24.4 Å². The Labute approximate surface area is 129 Å². The fourth-order valence-corrected chi connectivity index (χ4v) is 2.12. The van der Waals surface area contributed by atoms with E-state index in [1.807, 2.05) is 50.5 Å². The van der Waals surface area contributed by atoms with E-state index in [1.165, 1.54) is 6.33 Å². The van der Waals surface area contributed by atoms with Crippen LogP contribution in [0.15, 0.2) is 60.0 Å². The molecule has 1 heterocycles. The van der Waals surface area contributed by atoms with Crippen molar-refractivity contribution in [3.63, 3.8) is 0 Å². The summed E-state index contributed by atoms with van der Waals surface area (Å²) < 4.78 is 0. The lowest BCUT2D eigenvalue weighted by atomic mass is 10.2. The number of hydrogen-bond donors (Lipinski definition) is 1. The van der Waals surface area contributed by atoms with Gasteiger partial charge < -0.3 is 4.90 Å². The molecule has 3 rings (SSSR count). The molecule has 22 heavy (non-hydrogen) atoms. The predicted molar refractivity (Wildman–Crippen MR) is 91.5 cm³/mol. The molecule has 0 bridgehead atoms. The number of para-hydroxylation sites is 1. The van der Waals surface area contributed by atoms with Crippen molar-refractivity contribution < 1.29 is 0 Å². The van der Waals surface area contributed by atoms with E-state index in [-0.39, 0.29) is 0 Å². The zero-order chi connectivity index (χ0) is 15.4. The average Bonchev–Trinajstić information content (AvgIpc) is 2.55. The summed E-state index contributed by atoms with van der Waals surface area (Å²) >= 11 is 0. The van der Waals surface area contributed by atoms with Crippen molar-refractivity contribution in [1.82, 2.24) is 9.97 Å². The van der Waals surface area contributed by atoms with Crippen LogP contribution in [0, 0.1) is 0 Å². The summed E-state index contributed by atoms with van der Waals surface area (Å²) in [4.78, 5) is 10.5. The molecule has 5 nitrogen and oxygen atoms in total. The van der Waals surface area contributed by atoms with Gasteiger partial charge in [-0.15, -0.1) is 0 Å². The summed E-state index contributed by atoms with van der Waals surface area (Å²) in [5.41, 5.74) is 6.06. The van der Waals surface area contributed by atoms with Crippen molar-refractivity contribution in [2.45, 2.75) is 0 Å². The highest BCUT2D eigenvalue weighted by molar-refractivity contribution is 5.89. The number of nitrogens with one attached hydrogen (secondary N) is 1. The molecule has 0 saturated carbocycles. The molecule has 0 amide bonds. The topological polar surface area (TPSA) is 53.4 Å². The summed E-state index contributed by atoms with van der Waals surface area (Å²) in [6.45, 7) is 0. The predicted octanol–water partition coefficient (Wildman–Crippen LogP) is 3.14. The third-order valence-electron chi connectivity index (χ3n) is 3.34. The van der Waals surface area contributed by atoms with Gasteiger partial charge in [-0.2, -0.15) is 5.10 Å². The van der Waals surface area contributed by atoms with E-state index >= 15 is 0 Å². The van der Waals surface area contributed by atoms with Gasteiger partial charge in [-0.05, 0) is 29.8 Å². The molecule has 0 atom stereocenters. The van der Waals surface area contributed by atoms with Crippen molar-refractivity contribution >= 4 is 28.6 Å². The summed E-state index contributed by atoms with van der Waals surface area (Å²) in [7, 11) is 4.04. The maximum Gasteiger partial charge on any atom is 0.157 e. The van der Waals surface area contributed by atoms with E-state index < -0.39 is 0 Å². The van der Waals surface area contributed by atoms with E-state index in [2.05, 4.69) is 37.5 Å². The Morgan fingerprint density at radius 1 is 1.00 bits per heavy atom. The van der Waals surface area contributed by atoms with Crippen LogP contribution < -0.4 is 10.3 Å². The molecule has 0 fully saturated rings. The van der Waals surface area contributed by atoms with Crippen LogP contribution in [0.5, 0.6) is 0 Å². The Hall–Kier alpha value is -2.95. The minimum absolute atomic E-state index is 0.701. The van der Waals surface area contributed by atoms with Crippen LogP contribution in [0.25, 0.3) is 10.9 Å². The smallest absolute Gasteiger partial charge is 0.157 e. The molecule has 1 aromatic heterocycles. The largest absolute Gasteiger partial charge is 0.378 e. The summed E-state index contributed by atoms with van der Waals surface area (Å²) in [5.74, 6) is 0.701. The van der Waals surface area contributed by atoms with E-state index in [9.17, 15) is 0 Å². The van der Waals surface area contributed by atoms with Gasteiger partial charge in [0.1, 0.15) is 6.33 Å². The third-order valence-corrected chi connectivity index (χ3v) is 3.34. The maximum atomic E-state index is 4.26. The van der Waals surface area contributed by atoms with Gasteiger partial charge in [-0.3, -0.25) is 5.43 Å². The fourth-order valence-electron chi connectivity index (χ4n) is 2.12. The molecule has 0 aliphatic heterocycles. The molecule has 2 aromatic carbocycles. The standard InChI is InChI=1S/C17H17N5/c1-22(2)14-9-7-13(8-10-14)11-20-21-17-15-5-3-4-6-16(15)18-12-19-17/h3-12H,1-2H3,(H,18,19,21)/b20-11-. The van der Waals surface area contributed by atoms with Crippen LogP contribution in [0.3, 0.4) is 0 Å². The van der Waals surface area contributed by atoms with Crippen LogP contribution in [0.4, 0.5) is 11.5 Å². The second-order valence-electron chi connectivity index (χ2n) is 5.10. The lowest BCUT2D eigenvalue weighted by Crippen LogP contribution is -2.08. The number of hydrazone groups is 1. The van der Waals surface area contributed by atoms with Crippen LogP contribution in [-0.4, -0.2) is 30.3 Å². The molecule has 0 aliphatic carbocycles. The van der Waals surface area contributed by atoms with E-state index in [0.717, 1.165) is 22.2 Å². The number of rotatable bonds is 4. The Kier molecular flexibility index (Phi) is 3.96. The van der Waals surface area contributed by atoms with Crippen molar-refractivity contribution in [3.05, 3.63) is 60.4 Å². The van der Waals surface area contributed by atoms with E-state index in [0.29, 0.717) is 5.82 Å². The second-order valence-corrected chi connectivity index (χ2v) is 5.10. The minimum atomic E-state index is 0.701. The number of aromatic nitrogens is 2. The highest BCUT2D eigenvalue weighted by atomic mass is 15.3. The summed E-state index contributed by atoms with van der Waals surface area (Å²) in [6, 6.07) is 16.0. The van der Waals surface area contributed by atoms with Gasteiger partial charge in [0.15, 0.2) is 5.82 Å². The Bertz CT molecular complexity index is 788. The lowest BCUT2D eigenvalue weighted by molar-refractivity contribution is 1.13. The average molecular weight is 291 g/mol. The van der Waals surface area contributed by atoms with Crippen molar-refractivity contribution in [1.29, 1.82) is 0 Å². The van der Waals surface area contributed by atoms with Gasteiger partial charge in [-0.25, -0.2) is 9.97 Å². The van der Waals surface area contributed by atoms with Gasteiger partial charge >= 0.3 is 0 Å². The Balaban J connectivity index is 1.76. The molecule has 1 N–H and O–H groups in total. The van der Waals surface area contributed by atoms with Gasteiger partial charge in [-0.1, -0.05) is 24.3 Å².